The molecule has 0 saturated heterocycles. The number of amides is 1. The van der Waals surface area contributed by atoms with Crippen molar-refractivity contribution in [3.63, 3.8) is 0 Å². The van der Waals surface area contributed by atoms with Crippen LogP contribution in [0.25, 0.3) is 10.9 Å². The second kappa shape index (κ2) is 7.34. The van der Waals surface area contributed by atoms with Crippen LogP contribution >= 0.6 is 0 Å². The Hall–Kier alpha value is -2.97. The molecule has 1 heterocycles. The second-order valence-electron chi connectivity index (χ2n) is 6.03. The number of H-pyrrole nitrogens is 1. The maximum atomic E-state index is 12.6. The highest BCUT2D eigenvalue weighted by Crippen LogP contribution is 2.22. The Morgan fingerprint density at radius 3 is 2.37 bits per heavy atom. The number of carbonyl (C=O) groups is 2. The van der Waals surface area contributed by atoms with Gasteiger partial charge in [-0.1, -0.05) is 30.3 Å². The van der Waals surface area contributed by atoms with E-state index in [9.17, 15) is 18.0 Å². The molecule has 2 aromatic carbocycles. The summed E-state index contributed by atoms with van der Waals surface area (Å²) in [6, 6.07) is 13.4. The third kappa shape index (κ3) is 3.76. The van der Waals surface area contributed by atoms with Gasteiger partial charge in [-0.25, -0.2) is 13.1 Å². The van der Waals surface area contributed by atoms with E-state index in [1.54, 1.807) is 25.1 Å². The van der Waals surface area contributed by atoms with E-state index in [2.05, 4.69) is 15.0 Å². The fourth-order valence-electron chi connectivity index (χ4n) is 2.85. The number of fused-ring (bicyclic) bond motifs is 1. The Balaban J connectivity index is 1.72. The first-order chi connectivity index (χ1) is 12.8. The maximum Gasteiger partial charge on any atom is 0.292 e. The Morgan fingerprint density at radius 2 is 1.70 bits per heavy atom. The number of hydrogen-bond donors (Lipinski definition) is 3. The van der Waals surface area contributed by atoms with E-state index in [0.29, 0.717) is 22.2 Å². The Bertz CT molecular complexity index is 1120. The van der Waals surface area contributed by atoms with Crippen molar-refractivity contribution in [1.82, 2.24) is 15.0 Å². The largest absolute Gasteiger partial charge is 0.358 e. The summed E-state index contributed by atoms with van der Waals surface area (Å²) in [6.07, 6.45) is 0. The van der Waals surface area contributed by atoms with E-state index in [1.807, 2.05) is 18.2 Å². The van der Waals surface area contributed by atoms with Crippen molar-refractivity contribution in [3.8, 4) is 0 Å². The van der Waals surface area contributed by atoms with Gasteiger partial charge < -0.3 is 10.3 Å². The smallest absolute Gasteiger partial charge is 0.292 e. The van der Waals surface area contributed by atoms with Crippen LogP contribution in [-0.2, 0) is 21.4 Å². The number of aromatic amines is 1. The standard InChI is InChI=1S/C19H19N3O4S/c1-12-17(15-5-3-4-6-16(15)22-12)18(23)19(24)21-11-13-7-9-14(10-8-13)27(25,26)20-2/h3-10,20,22H,11H2,1-2H3,(H,21,24). The minimum Gasteiger partial charge on any atom is -0.358 e. The van der Waals surface area contributed by atoms with Gasteiger partial charge in [-0.05, 0) is 37.7 Å². The lowest BCUT2D eigenvalue weighted by molar-refractivity contribution is -0.117. The van der Waals surface area contributed by atoms with Crippen molar-refractivity contribution in [2.45, 2.75) is 18.4 Å². The summed E-state index contributed by atoms with van der Waals surface area (Å²) >= 11 is 0. The second-order valence-corrected chi connectivity index (χ2v) is 7.92. The normalized spacial score (nSPS) is 11.5. The SMILES string of the molecule is CNS(=O)(=O)c1ccc(CNC(=O)C(=O)c2c(C)[nH]c3ccccc23)cc1. The number of carbonyl (C=O) groups excluding carboxylic acids is 2. The number of nitrogens with one attached hydrogen (secondary N) is 3. The Labute approximate surface area is 156 Å². The molecule has 0 atom stereocenters. The zero-order valence-corrected chi connectivity index (χ0v) is 15.7. The van der Waals surface area contributed by atoms with E-state index in [0.717, 1.165) is 5.52 Å². The van der Waals surface area contributed by atoms with Gasteiger partial charge in [0.15, 0.2) is 0 Å². The molecule has 1 aromatic heterocycles. The van der Waals surface area contributed by atoms with Crippen molar-refractivity contribution in [2.24, 2.45) is 0 Å². The average Bonchev–Trinajstić information content (AvgIpc) is 3.01. The van der Waals surface area contributed by atoms with Gasteiger partial charge in [0, 0.05) is 23.1 Å². The topological polar surface area (TPSA) is 108 Å². The molecule has 27 heavy (non-hydrogen) atoms. The van der Waals surface area contributed by atoms with Crippen LogP contribution in [0.1, 0.15) is 21.6 Å². The number of sulfonamides is 1. The van der Waals surface area contributed by atoms with Crippen LogP contribution in [0.4, 0.5) is 0 Å². The molecule has 0 aliphatic rings. The van der Waals surface area contributed by atoms with E-state index >= 15 is 0 Å². The van der Waals surface area contributed by atoms with Crippen LogP contribution < -0.4 is 10.0 Å². The van der Waals surface area contributed by atoms with Crippen molar-refractivity contribution in [2.75, 3.05) is 7.05 Å². The summed E-state index contributed by atoms with van der Waals surface area (Å²) in [5.74, 6) is -1.32. The summed E-state index contributed by atoms with van der Waals surface area (Å²) in [7, 11) is -2.17. The van der Waals surface area contributed by atoms with Crippen molar-refractivity contribution in [3.05, 3.63) is 65.4 Å². The van der Waals surface area contributed by atoms with Crippen LogP contribution in [-0.4, -0.2) is 32.1 Å². The zero-order valence-electron chi connectivity index (χ0n) is 14.9. The number of aromatic nitrogens is 1. The summed E-state index contributed by atoms with van der Waals surface area (Å²) in [6.45, 7) is 1.87. The molecule has 0 aliphatic heterocycles. The molecular formula is C19H19N3O4S. The van der Waals surface area contributed by atoms with Gasteiger partial charge in [0.05, 0.1) is 10.5 Å². The van der Waals surface area contributed by atoms with Crippen LogP contribution in [0.2, 0.25) is 0 Å². The molecule has 0 bridgehead atoms. The van der Waals surface area contributed by atoms with Gasteiger partial charge in [0.1, 0.15) is 0 Å². The molecule has 3 rings (SSSR count). The highest BCUT2D eigenvalue weighted by atomic mass is 32.2. The fourth-order valence-corrected chi connectivity index (χ4v) is 3.58. The molecule has 0 fully saturated rings. The van der Waals surface area contributed by atoms with Gasteiger partial charge in [0.25, 0.3) is 11.7 Å². The number of rotatable bonds is 6. The number of hydrogen-bond acceptors (Lipinski definition) is 4. The van der Waals surface area contributed by atoms with Crippen LogP contribution in [0, 0.1) is 6.92 Å². The van der Waals surface area contributed by atoms with Crippen LogP contribution in [0.3, 0.4) is 0 Å². The predicted octanol–water partition coefficient (Wildman–Crippen LogP) is 1.88. The summed E-state index contributed by atoms with van der Waals surface area (Å²) < 4.78 is 25.7. The number of benzene rings is 2. The van der Waals surface area contributed by atoms with Gasteiger partial charge in [0.2, 0.25) is 10.0 Å². The van der Waals surface area contributed by atoms with Crippen molar-refractivity contribution in [1.29, 1.82) is 0 Å². The first-order valence-electron chi connectivity index (χ1n) is 8.26. The van der Waals surface area contributed by atoms with E-state index in [1.165, 1.54) is 19.2 Å². The lowest BCUT2D eigenvalue weighted by Crippen LogP contribution is -2.30. The summed E-state index contributed by atoms with van der Waals surface area (Å²) in [4.78, 5) is 28.1. The van der Waals surface area contributed by atoms with Crippen LogP contribution in [0.15, 0.2) is 53.4 Å². The first kappa shape index (κ1) is 18.8. The fraction of sp³-hybridized carbons (Fsp3) is 0.158. The van der Waals surface area contributed by atoms with E-state index < -0.39 is 21.7 Å². The summed E-state index contributed by atoms with van der Waals surface area (Å²) in [5, 5.41) is 3.29. The quantitative estimate of drug-likeness (QED) is 0.445. The molecule has 0 aliphatic carbocycles. The molecule has 3 N–H and O–H groups in total. The third-order valence-electron chi connectivity index (χ3n) is 4.28. The zero-order chi connectivity index (χ0) is 19.6. The molecule has 140 valence electrons. The monoisotopic (exact) mass is 385 g/mol. The lowest BCUT2D eigenvalue weighted by Gasteiger charge is -2.07. The molecule has 3 aromatic rings. The molecule has 1 amide bonds. The molecule has 0 saturated carbocycles. The predicted molar refractivity (Wildman–Crippen MR) is 102 cm³/mol. The lowest BCUT2D eigenvalue weighted by atomic mass is 10.1. The van der Waals surface area contributed by atoms with Gasteiger partial charge in [-0.2, -0.15) is 0 Å². The maximum absolute atomic E-state index is 12.6. The Morgan fingerprint density at radius 1 is 1.04 bits per heavy atom. The summed E-state index contributed by atoms with van der Waals surface area (Å²) in [5.41, 5.74) is 2.48. The molecule has 7 nitrogen and oxygen atoms in total. The molecule has 8 heteroatoms. The minimum absolute atomic E-state index is 0.117. The third-order valence-corrected chi connectivity index (χ3v) is 5.71. The molecular weight excluding hydrogens is 366 g/mol. The number of para-hydroxylation sites is 1. The van der Waals surface area contributed by atoms with Gasteiger partial charge in [-0.3, -0.25) is 9.59 Å². The number of Topliss-reactive ketones (excluding diaryl/α,β-unsaturated/α-hetero) is 1. The molecule has 0 unspecified atom stereocenters. The van der Waals surface area contributed by atoms with Gasteiger partial charge >= 0.3 is 0 Å². The highest BCUT2D eigenvalue weighted by Gasteiger charge is 2.22. The first-order valence-corrected chi connectivity index (χ1v) is 9.74. The Kier molecular flexibility index (Phi) is 5.11. The van der Waals surface area contributed by atoms with Crippen molar-refractivity contribution >= 4 is 32.6 Å². The average molecular weight is 385 g/mol. The number of ketones is 1. The minimum atomic E-state index is -3.51. The molecule has 0 spiro atoms. The highest BCUT2D eigenvalue weighted by molar-refractivity contribution is 7.89. The van der Waals surface area contributed by atoms with Crippen molar-refractivity contribution < 1.29 is 18.0 Å². The van der Waals surface area contributed by atoms with E-state index in [-0.39, 0.29) is 11.4 Å². The number of aryl methyl sites for hydroxylation is 1. The van der Waals surface area contributed by atoms with Crippen LogP contribution in [0.5, 0.6) is 0 Å². The van der Waals surface area contributed by atoms with Gasteiger partial charge in [-0.15, -0.1) is 0 Å². The molecule has 0 radical (unpaired) electrons. The van der Waals surface area contributed by atoms with E-state index in [4.69, 9.17) is 0 Å².